The van der Waals surface area contributed by atoms with Crippen LogP contribution in [0.3, 0.4) is 0 Å². The van der Waals surface area contributed by atoms with Gasteiger partial charge in [0.1, 0.15) is 5.75 Å². The van der Waals surface area contributed by atoms with Crippen LogP contribution in [0.1, 0.15) is 33.9 Å². The zero-order valence-electron chi connectivity index (χ0n) is 14.9. The molecule has 0 radical (unpaired) electrons. The van der Waals surface area contributed by atoms with Gasteiger partial charge in [0.15, 0.2) is 0 Å². The van der Waals surface area contributed by atoms with Gasteiger partial charge in [-0.3, -0.25) is 0 Å². The summed E-state index contributed by atoms with van der Waals surface area (Å²) in [5.41, 5.74) is 1.41. The van der Waals surface area contributed by atoms with E-state index in [-0.39, 0.29) is 10.8 Å². The van der Waals surface area contributed by atoms with Crippen molar-refractivity contribution in [3.05, 3.63) is 99.5 Å². The van der Waals surface area contributed by atoms with E-state index in [4.69, 9.17) is 37.4 Å². The monoisotopic (exact) mass is 428 g/mol. The fourth-order valence-corrected chi connectivity index (χ4v) is 3.40. The lowest BCUT2D eigenvalue weighted by atomic mass is 10.1. The molecule has 0 aliphatic carbocycles. The molecule has 0 bridgehead atoms. The summed E-state index contributed by atoms with van der Waals surface area (Å²) in [4.78, 5) is 25.0. The number of esters is 2. The van der Waals surface area contributed by atoms with Crippen molar-refractivity contribution in [3.8, 4) is 5.75 Å². The Hall–Kier alpha value is -3.02. The molecule has 29 heavy (non-hydrogen) atoms. The van der Waals surface area contributed by atoms with Gasteiger partial charge in [0.2, 0.25) is 6.10 Å². The summed E-state index contributed by atoms with van der Waals surface area (Å²) in [6.07, 6.45) is -2.26. The molecule has 0 spiro atoms. The van der Waals surface area contributed by atoms with Crippen molar-refractivity contribution in [2.24, 2.45) is 0 Å². The SMILES string of the molecule is O=C1OC(OC(=O)C(Oc2ccc(Cl)cc2Cl)c2ccccc2)c2ccccc21. The van der Waals surface area contributed by atoms with Crippen LogP contribution in [-0.2, 0) is 14.3 Å². The van der Waals surface area contributed by atoms with Crippen molar-refractivity contribution in [3.63, 3.8) is 0 Å². The zero-order valence-corrected chi connectivity index (χ0v) is 16.4. The number of rotatable bonds is 5. The topological polar surface area (TPSA) is 61.8 Å². The first kappa shape index (κ1) is 19.3. The number of ether oxygens (including phenoxy) is 3. The van der Waals surface area contributed by atoms with Gasteiger partial charge < -0.3 is 14.2 Å². The average molecular weight is 429 g/mol. The third-order valence-corrected chi connectivity index (χ3v) is 4.86. The molecule has 0 fully saturated rings. The maximum Gasteiger partial charge on any atom is 0.355 e. The number of halogens is 2. The van der Waals surface area contributed by atoms with Crippen LogP contribution in [0, 0.1) is 0 Å². The van der Waals surface area contributed by atoms with E-state index in [9.17, 15) is 9.59 Å². The first-order valence-corrected chi connectivity index (χ1v) is 9.45. The van der Waals surface area contributed by atoms with E-state index < -0.39 is 24.3 Å². The predicted octanol–water partition coefficient (Wildman–Crippen LogP) is 5.53. The van der Waals surface area contributed by atoms with Crippen LogP contribution in [0.2, 0.25) is 10.0 Å². The number of benzene rings is 3. The molecule has 3 aromatic rings. The lowest BCUT2D eigenvalue weighted by molar-refractivity contribution is -0.176. The number of fused-ring (bicyclic) bond motifs is 1. The van der Waals surface area contributed by atoms with Gasteiger partial charge in [-0.15, -0.1) is 0 Å². The third-order valence-electron chi connectivity index (χ3n) is 4.33. The van der Waals surface area contributed by atoms with Crippen molar-refractivity contribution < 1.29 is 23.8 Å². The van der Waals surface area contributed by atoms with Gasteiger partial charge in [-0.1, -0.05) is 71.7 Å². The van der Waals surface area contributed by atoms with E-state index in [0.717, 1.165) is 0 Å². The Morgan fingerprint density at radius 3 is 2.45 bits per heavy atom. The van der Waals surface area contributed by atoms with Gasteiger partial charge >= 0.3 is 11.9 Å². The van der Waals surface area contributed by atoms with Crippen LogP contribution in [-0.4, -0.2) is 11.9 Å². The number of cyclic esters (lactones) is 1. The molecule has 7 heteroatoms. The molecule has 1 aliphatic rings. The highest BCUT2D eigenvalue weighted by atomic mass is 35.5. The van der Waals surface area contributed by atoms with Crippen LogP contribution >= 0.6 is 23.2 Å². The maximum atomic E-state index is 13.0. The molecule has 2 atom stereocenters. The van der Waals surface area contributed by atoms with Gasteiger partial charge in [0.25, 0.3) is 6.29 Å². The van der Waals surface area contributed by atoms with Crippen molar-refractivity contribution in [1.82, 2.24) is 0 Å². The van der Waals surface area contributed by atoms with Crippen molar-refractivity contribution >= 4 is 35.1 Å². The highest BCUT2D eigenvalue weighted by Crippen LogP contribution is 2.35. The Morgan fingerprint density at radius 2 is 1.69 bits per heavy atom. The average Bonchev–Trinajstić information content (AvgIpc) is 3.04. The molecular formula is C22H14Cl2O5. The van der Waals surface area contributed by atoms with Crippen LogP contribution in [0.15, 0.2) is 72.8 Å². The first-order chi connectivity index (χ1) is 14.0. The Balaban J connectivity index is 1.61. The second-order valence-corrected chi connectivity index (χ2v) is 7.09. The molecule has 146 valence electrons. The van der Waals surface area contributed by atoms with Gasteiger partial charge in [0.05, 0.1) is 10.6 Å². The number of carbonyl (C=O) groups is 2. The predicted molar refractivity (Wildman–Crippen MR) is 107 cm³/mol. The molecule has 1 heterocycles. The van der Waals surface area contributed by atoms with Crippen LogP contribution in [0.5, 0.6) is 5.75 Å². The van der Waals surface area contributed by atoms with Gasteiger partial charge in [-0.05, 0) is 24.3 Å². The smallest absolute Gasteiger partial charge is 0.355 e. The Bertz CT molecular complexity index is 1070. The Kier molecular flexibility index (Phi) is 5.43. The van der Waals surface area contributed by atoms with E-state index in [2.05, 4.69) is 0 Å². The minimum Gasteiger partial charge on any atom is -0.472 e. The van der Waals surface area contributed by atoms with Crippen LogP contribution in [0.4, 0.5) is 0 Å². The molecule has 1 aliphatic heterocycles. The molecule has 4 rings (SSSR count). The van der Waals surface area contributed by atoms with Crippen LogP contribution in [0.25, 0.3) is 0 Å². The molecule has 0 N–H and O–H groups in total. The van der Waals surface area contributed by atoms with E-state index in [0.29, 0.717) is 21.7 Å². The molecule has 0 saturated carbocycles. The molecule has 5 nitrogen and oxygen atoms in total. The lowest BCUT2D eigenvalue weighted by Gasteiger charge is -2.21. The second-order valence-electron chi connectivity index (χ2n) is 6.24. The molecule has 0 amide bonds. The summed E-state index contributed by atoms with van der Waals surface area (Å²) in [5.74, 6) is -1.00. The number of hydrogen-bond donors (Lipinski definition) is 0. The van der Waals surface area contributed by atoms with Gasteiger partial charge in [-0.2, -0.15) is 0 Å². The van der Waals surface area contributed by atoms with Crippen molar-refractivity contribution in [1.29, 1.82) is 0 Å². The molecule has 2 unspecified atom stereocenters. The third kappa shape index (κ3) is 4.06. The molecule has 0 aromatic heterocycles. The largest absolute Gasteiger partial charge is 0.472 e. The summed E-state index contributed by atoms with van der Waals surface area (Å²) in [5, 5.41) is 0.694. The highest BCUT2D eigenvalue weighted by Gasteiger charge is 2.36. The van der Waals surface area contributed by atoms with E-state index in [1.807, 2.05) is 6.07 Å². The number of hydrogen-bond acceptors (Lipinski definition) is 5. The number of carbonyl (C=O) groups excluding carboxylic acids is 2. The Morgan fingerprint density at radius 1 is 0.966 bits per heavy atom. The summed E-state index contributed by atoms with van der Waals surface area (Å²) in [6, 6.07) is 20.2. The normalized spacial score (nSPS) is 15.9. The fourth-order valence-electron chi connectivity index (χ4n) is 2.95. The highest BCUT2D eigenvalue weighted by molar-refractivity contribution is 6.35. The minimum atomic E-state index is -1.14. The van der Waals surface area contributed by atoms with E-state index in [1.54, 1.807) is 60.7 Å². The summed E-state index contributed by atoms with van der Waals surface area (Å²) < 4.78 is 16.5. The molecular weight excluding hydrogens is 415 g/mol. The minimum absolute atomic E-state index is 0.254. The van der Waals surface area contributed by atoms with E-state index >= 15 is 0 Å². The summed E-state index contributed by atoms with van der Waals surface area (Å²) in [6.45, 7) is 0. The Labute approximate surface area is 176 Å². The summed E-state index contributed by atoms with van der Waals surface area (Å²) >= 11 is 12.1. The van der Waals surface area contributed by atoms with Crippen molar-refractivity contribution in [2.75, 3.05) is 0 Å². The molecule has 0 saturated heterocycles. The van der Waals surface area contributed by atoms with Gasteiger partial charge in [-0.25, -0.2) is 9.59 Å². The first-order valence-electron chi connectivity index (χ1n) is 8.70. The lowest BCUT2D eigenvalue weighted by Crippen LogP contribution is -2.23. The van der Waals surface area contributed by atoms with Crippen LogP contribution < -0.4 is 4.74 Å². The van der Waals surface area contributed by atoms with Crippen molar-refractivity contribution in [2.45, 2.75) is 12.4 Å². The van der Waals surface area contributed by atoms with E-state index in [1.165, 1.54) is 6.07 Å². The maximum absolute atomic E-state index is 13.0. The molecule has 3 aromatic carbocycles. The van der Waals surface area contributed by atoms with Gasteiger partial charge in [0, 0.05) is 16.1 Å². The zero-order chi connectivity index (χ0) is 20.4. The quantitative estimate of drug-likeness (QED) is 0.500. The standard InChI is InChI=1S/C22H14Cl2O5/c23-14-10-11-18(17(24)12-14)27-19(13-6-2-1-3-7-13)21(26)29-22-16-9-5-4-8-15(16)20(25)28-22/h1-12,19,22H. The summed E-state index contributed by atoms with van der Waals surface area (Å²) in [7, 11) is 0. The second kappa shape index (κ2) is 8.15. The fraction of sp³-hybridized carbons (Fsp3) is 0.0909.